The highest BCUT2D eigenvalue weighted by molar-refractivity contribution is 7.89. The maximum absolute atomic E-state index is 11.8. The molecule has 0 aliphatic rings. The van der Waals surface area contributed by atoms with Crippen LogP contribution in [0.5, 0.6) is 0 Å². The lowest BCUT2D eigenvalue weighted by atomic mass is 10.0. The molecule has 0 atom stereocenters. The summed E-state index contributed by atoms with van der Waals surface area (Å²) in [6, 6.07) is 6.79. The fraction of sp³-hybridized carbons (Fsp3) is 0.417. The molecule has 0 aliphatic heterocycles. The van der Waals surface area contributed by atoms with Crippen molar-refractivity contribution in [1.29, 1.82) is 0 Å². The van der Waals surface area contributed by atoms with Crippen LogP contribution in [0.15, 0.2) is 29.2 Å². The van der Waals surface area contributed by atoms with Crippen molar-refractivity contribution in [1.82, 2.24) is 10.0 Å². The van der Waals surface area contributed by atoms with Crippen LogP contribution in [0.2, 0.25) is 0 Å². The molecule has 0 radical (unpaired) electrons. The van der Waals surface area contributed by atoms with E-state index in [1.54, 1.807) is 12.1 Å². The first-order valence-electron chi connectivity index (χ1n) is 5.74. The molecule has 0 aliphatic carbocycles. The normalized spacial score (nSPS) is 11.5. The molecule has 1 aromatic rings. The van der Waals surface area contributed by atoms with Crippen LogP contribution in [-0.4, -0.2) is 27.9 Å². The Morgan fingerprint density at radius 2 is 1.78 bits per heavy atom. The third kappa shape index (κ3) is 4.12. The lowest BCUT2D eigenvalue weighted by Gasteiger charge is -2.08. The highest BCUT2D eigenvalue weighted by Gasteiger charge is 2.13. The Hall–Kier alpha value is -1.40. The van der Waals surface area contributed by atoms with E-state index in [9.17, 15) is 13.2 Å². The Morgan fingerprint density at radius 1 is 1.17 bits per heavy atom. The van der Waals surface area contributed by atoms with Crippen LogP contribution >= 0.6 is 0 Å². The van der Waals surface area contributed by atoms with Gasteiger partial charge in [0.05, 0.1) is 4.90 Å². The molecule has 100 valence electrons. The van der Waals surface area contributed by atoms with E-state index >= 15 is 0 Å². The van der Waals surface area contributed by atoms with Crippen molar-refractivity contribution >= 4 is 16.4 Å². The number of carbonyl (C=O) groups excluding carboxylic acids is 1. The highest BCUT2D eigenvalue weighted by atomic mass is 32.2. The number of nitrogens with one attached hydrogen (secondary N) is 2. The summed E-state index contributed by atoms with van der Waals surface area (Å²) in [5.41, 5.74) is 1.09. The molecular formula is C12H18N2O3S. The molecule has 0 unspecified atom stereocenters. The molecule has 5 nitrogen and oxygen atoms in total. The van der Waals surface area contributed by atoms with Gasteiger partial charge in [-0.3, -0.25) is 4.79 Å². The van der Waals surface area contributed by atoms with Gasteiger partial charge in [-0.05, 0) is 23.6 Å². The smallest absolute Gasteiger partial charge is 0.240 e. The topological polar surface area (TPSA) is 75.3 Å². The second-order valence-corrected chi connectivity index (χ2v) is 5.96. The van der Waals surface area contributed by atoms with Crippen LogP contribution in [0.4, 0.5) is 0 Å². The number of hydrogen-bond acceptors (Lipinski definition) is 3. The standard InChI is InChI=1S/C12H18N2O3S/c1-10(2)11-3-5-12(6-4-11)18(16,17)14-8-7-13-9-15/h3-6,9-10,14H,7-8H2,1-2H3,(H,13,15). The first kappa shape index (κ1) is 14.7. The lowest BCUT2D eigenvalue weighted by Crippen LogP contribution is -2.31. The molecule has 6 heteroatoms. The van der Waals surface area contributed by atoms with Gasteiger partial charge in [-0.2, -0.15) is 0 Å². The van der Waals surface area contributed by atoms with Crippen LogP contribution in [0.3, 0.4) is 0 Å². The molecular weight excluding hydrogens is 252 g/mol. The van der Waals surface area contributed by atoms with E-state index in [1.165, 1.54) is 0 Å². The Bertz CT molecular complexity index is 481. The van der Waals surface area contributed by atoms with Gasteiger partial charge in [-0.1, -0.05) is 26.0 Å². The van der Waals surface area contributed by atoms with Gasteiger partial charge in [0.25, 0.3) is 0 Å². The molecule has 0 fully saturated rings. The zero-order valence-electron chi connectivity index (χ0n) is 10.5. The van der Waals surface area contributed by atoms with Gasteiger partial charge < -0.3 is 5.32 Å². The van der Waals surface area contributed by atoms with Crippen molar-refractivity contribution in [2.75, 3.05) is 13.1 Å². The van der Waals surface area contributed by atoms with E-state index in [0.717, 1.165) is 5.56 Å². The van der Waals surface area contributed by atoms with Crippen LogP contribution in [0.1, 0.15) is 25.3 Å². The number of amides is 1. The van der Waals surface area contributed by atoms with Gasteiger partial charge in [0.15, 0.2) is 0 Å². The molecule has 1 amide bonds. The third-order valence-corrected chi connectivity index (χ3v) is 3.98. The summed E-state index contributed by atoms with van der Waals surface area (Å²) in [5, 5.41) is 2.39. The quantitative estimate of drug-likeness (QED) is 0.569. The van der Waals surface area contributed by atoms with Gasteiger partial charge in [0, 0.05) is 13.1 Å². The predicted octanol–water partition coefficient (Wildman–Crippen LogP) is 0.834. The van der Waals surface area contributed by atoms with Crippen molar-refractivity contribution < 1.29 is 13.2 Å². The van der Waals surface area contributed by atoms with E-state index < -0.39 is 10.0 Å². The summed E-state index contributed by atoms with van der Waals surface area (Å²) in [6.07, 6.45) is 0.533. The number of benzene rings is 1. The van der Waals surface area contributed by atoms with Crippen molar-refractivity contribution in [3.05, 3.63) is 29.8 Å². The molecule has 18 heavy (non-hydrogen) atoms. The average molecular weight is 270 g/mol. The minimum absolute atomic E-state index is 0.174. The first-order valence-corrected chi connectivity index (χ1v) is 7.22. The highest BCUT2D eigenvalue weighted by Crippen LogP contribution is 2.16. The molecule has 1 rings (SSSR count). The van der Waals surface area contributed by atoms with Crippen LogP contribution in [0, 0.1) is 0 Å². The number of rotatable bonds is 7. The van der Waals surface area contributed by atoms with E-state index in [0.29, 0.717) is 12.3 Å². The summed E-state index contributed by atoms with van der Waals surface area (Å²) in [4.78, 5) is 10.2. The average Bonchev–Trinajstić information content (AvgIpc) is 2.35. The third-order valence-electron chi connectivity index (χ3n) is 2.50. The monoisotopic (exact) mass is 270 g/mol. The number of carbonyl (C=O) groups is 1. The molecule has 0 aromatic heterocycles. The van der Waals surface area contributed by atoms with E-state index in [-0.39, 0.29) is 18.0 Å². The summed E-state index contributed by atoms with van der Waals surface area (Å²) in [7, 11) is -3.49. The second-order valence-electron chi connectivity index (χ2n) is 4.19. The van der Waals surface area contributed by atoms with Gasteiger partial charge in [0.1, 0.15) is 0 Å². The fourth-order valence-corrected chi connectivity index (χ4v) is 2.46. The van der Waals surface area contributed by atoms with Gasteiger partial charge in [0.2, 0.25) is 16.4 Å². The van der Waals surface area contributed by atoms with Gasteiger partial charge >= 0.3 is 0 Å². The number of hydrogen-bond donors (Lipinski definition) is 2. The lowest BCUT2D eigenvalue weighted by molar-refractivity contribution is -0.109. The van der Waals surface area contributed by atoms with Crippen molar-refractivity contribution in [2.24, 2.45) is 0 Å². The van der Waals surface area contributed by atoms with E-state index in [1.807, 2.05) is 26.0 Å². The minimum atomic E-state index is -3.49. The fourth-order valence-electron chi connectivity index (χ4n) is 1.43. The zero-order chi connectivity index (χ0) is 13.6. The minimum Gasteiger partial charge on any atom is -0.357 e. The maximum atomic E-state index is 11.8. The largest absolute Gasteiger partial charge is 0.357 e. The molecule has 2 N–H and O–H groups in total. The predicted molar refractivity (Wildman–Crippen MR) is 69.8 cm³/mol. The number of sulfonamides is 1. The Kier molecular flexibility index (Phi) is 5.30. The maximum Gasteiger partial charge on any atom is 0.240 e. The molecule has 0 saturated heterocycles. The van der Waals surface area contributed by atoms with Gasteiger partial charge in [-0.15, -0.1) is 0 Å². The zero-order valence-corrected chi connectivity index (χ0v) is 11.3. The van der Waals surface area contributed by atoms with Gasteiger partial charge in [-0.25, -0.2) is 13.1 Å². The summed E-state index contributed by atoms with van der Waals surface area (Å²) in [5.74, 6) is 0.367. The van der Waals surface area contributed by atoms with Crippen molar-refractivity contribution in [2.45, 2.75) is 24.7 Å². The summed E-state index contributed by atoms with van der Waals surface area (Å²) < 4.78 is 26.1. The van der Waals surface area contributed by atoms with Crippen molar-refractivity contribution in [3.8, 4) is 0 Å². The summed E-state index contributed by atoms with van der Waals surface area (Å²) in [6.45, 7) is 4.54. The Labute approximate surface area is 108 Å². The van der Waals surface area contributed by atoms with E-state index in [4.69, 9.17) is 0 Å². The molecule has 0 heterocycles. The van der Waals surface area contributed by atoms with Crippen LogP contribution < -0.4 is 10.0 Å². The molecule has 0 bridgehead atoms. The Balaban J connectivity index is 2.70. The van der Waals surface area contributed by atoms with Crippen LogP contribution in [0.25, 0.3) is 0 Å². The van der Waals surface area contributed by atoms with E-state index in [2.05, 4.69) is 10.0 Å². The Morgan fingerprint density at radius 3 is 2.28 bits per heavy atom. The second kappa shape index (κ2) is 6.51. The SMILES string of the molecule is CC(C)c1ccc(S(=O)(=O)NCCNC=O)cc1. The molecule has 1 aromatic carbocycles. The van der Waals surface area contributed by atoms with Crippen LogP contribution in [-0.2, 0) is 14.8 Å². The first-order chi connectivity index (χ1) is 8.47. The molecule has 0 saturated carbocycles. The van der Waals surface area contributed by atoms with Crippen molar-refractivity contribution in [3.63, 3.8) is 0 Å². The molecule has 0 spiro atoms. The summed E-state index contributed by atoms with van der Waals surface area (Å²) >= 11 is 0.